The molecular weight excluding hydrogens is 760 g/mol. The van der Waals surface area contributed by atoms with Gasteiger partial charge in [-0.3, -0.25) is 29.2 Å². The molecule has 0 saturated carbocycles. The Hall–Kier alpha value is -4.59. The fraction of sp³-hybridized carbons (Fsp3) is 0.351. The maximum absolute atomic E-state index is 14.7. The molecule has 5 amide bonds. The van der Waals surface area contributed by atoms with Crippen LogP contribution in [0.4, 0.5) is 9.59 Å². The summed E-state index contributed by atoms with van der Waals surface area (Å²) in [6.45, 7) is 3.62. The topological polar surface area (TPSA) is 216 Å². The monoisotopic (exact) mass is 801 g/mol. The van der Waals surface area contributed by atoms with Gasteiger partial charge in [0.1, 0.15) is 17.3 Å². The van der Waals surface area contributed by atoms with Crippen LogP contribution in [0.3, 0.4) is 0 Å². The van der Waals surface area contributed by atoms with Crippen LogP contribution in [0.5, 0.6) is 5.75 Å². The molecule has 0 aliphatic heterocycles. The van der Waals surface area contributed by atoms with E-state index in [9.17, 15) is 28.8 Å². The Kier molecular flexibility index (Phi) is 12.7. The average Bonchev–Trinajstić information content (AvgIpc) is 3.47. The zero-order valence-corrected chi connectivity index (χ0v) is 32.0. The highest BCUT2D eigenvalue weighted by Crippen LogP contribution is 2.40. The predicted octanol–water partition coefficient (Wildman–Crippen LogP) is 6.42. The first-order valence-corrected chi connectivity index (χ1v) is 19.6. The Morgan fingerprint density at radius 2 is 1.74 bits per heavy atom. The van der Waals surface area contributed by atoms with Crippen LogP contribution in [-0.4, -0.2) is 71.7 Å². The molecule has 17 heteroatoms. The number of phosphoric acid groups is 1. The third kappa shape index (κ3) is 9.55. The normalized spacial score (nSPS) is 16.6. The first kappa shape index (κ1) is 40.6. The van der Waals surface area contributed by atoms with E-state index in [4.69, 9.17) is 38.7 Å². The molecule has 1 heterocycles. The van der Waals surface area contributed by atoms with Crippen molar-refractivity contribution in [3.8, 4) is 5.75 Å². The van der Waals surface area contributed by atoms with Gasteiger partial charge in [-0.05, 0) is 72.6 Å². The minimum Gasteiger partial charge on any atom is -0.465 e. The number of primary amides is 1. The molecule has 1 aliphatic carbocycles. The zero-order chi connectivity index (χ0) is 39.4. The van der Waals surface area contributed by atoms with Gasteiger partial charge in [0.15, 0.2) is 0 Å². The van der Waals surface area contributed by atoms with Crippen molar-refractivity contribution in [2.75, 3.05) is 6.54 Å². The second-order valence-corrected chi connectivity index (χ2v) is 15.6. The summed E-state index contributed by atoms with van der Waals surface area (Å²) in [7, 11) is -4.80. The van der Waals surface area contributed by atoms with Crippen LogP contribution in [0.2, 0.25) is 10.0 Å². The van der Waals surface area contributed by atoms with Gasteiger partial charge < -0.3 is 25.7 Å². The molecule has 1 aliphatic rings. The standard InChI is InChI=1S/C37H42Cl2N5O9P/c1-3-22(2)20-44(35(40)47)34(46)37(16-15-30-28(19-37)27-17-25(38)18-29(39)32(27)41-30)42-33(45)31(43(36(48)49)21-24-7-5-4-6-8-24)14-11-23-9-12-26(13-10-23)53-54(50,51)52/h4-10,12-13,17-18,22,31,41H,3,11,14-16,19-21H2,1-2H3,(H2,40,47)(H,42,45)(H,48,49)(H2,50,51,52)/t22?,31-,37?/m0/s1. The van der Waals surface area contributed by atoms with E-state index < -0.39 is 43.3 Å². The minimum atomic E-state index is -4.80. The van der Waals surface area contributed by atoms with Crippen molar-refractivity contribution in [2.24, 2.45) is 11.7 Å². The van der Waals surface area contributed by atoms with Crippen molar-refractivity contribution < 1.29 is 43.2 Å². The largest absolute Gasteiger partial charge is 0.524 e. The van der Waals surface area contributed by atoms with Crippen molar-refractivity contribution in [1.82, 2.24) is 20.1 Å². The lowest BCUT2D eigenvalue weighted by Gasteiger charge is -2.41. The van der Waals surface area contributed by atoms with E-state index in [-0.39, 0.29) is 56.9 Å². The van der Waals surface area contributed by atoms with E-state index in [2.05, 4.69) is 14.8 Å². The molecule has 2 unspecified atom stereocenters. The number of hydrogen-bond acceptors (Lipinski definition) is 6. The second-order valence-electron chi connectivity index (χ2n) is 13.6. The number of amides is 5. The van der Waals surface area contributed by atoms with Gasteiger partial charge in [0.05, 0.1) is 10.5 Å². The number of aryl methyl sites for hydroxylation is 2. The summed E-state index contributed by atoms with van der Waals surface area (Å²) in [5, 5.41) is 14.8. The molecule has 14 nitrogen and oxygen atoms in total. The number of carbonyl (C=O) groups excluding carboxylic acids is 3. The molecule has 1 aromatic heterocycles. The van der Waals surface area contributed by atoms with Gasteiger partial charge in [0, 0.05) is 35.6 Å². The Labute approximate surface area is 321 Å². The maximum Gasteiger partial charge on any atom is 0.524 e. The molecule has 7 N–H and O–H groups in total. The van der Waals surface area contributed by atoms with Gasteiger partial charge in [0.2, 0.25) is 5.91 Å². The lowest BCUT2D eigenvalue weighted by Crippen LogP contribution is -2.66. The molecule has 0 radical (unpaired) electrons. The summed E-state index contributed by atoms with van der Waals surface area (Å²) >= 11 is 12.9. The first-order valence-electron chi connectivity index (χ1n) is 17.3. The van der Waals surface area contributed by atoms with Crippen LogP contribution in [0.1, 0.15) is 55.5 Å². The summed E-state index contributed by atoms with van der Waals surface area (Å²) in [5.41, 5.74) is 7.35. The van der Waals surface area contributed by atoms with Crippen LogP contribution in [0, 0.1) is 5.92 Å². The van der Waals surface area contributed by atoms with Crippen LogP contribution in [0.15, 0.2) is 66.7 Å². The lowest BCUT2D eigenvalue weighted by molar-refractivity contribution is -0.141. The van der Waals surface area contributed by atoms with E-state index in [0.29, 0.717) is 44.1 Å². The SMILES string of the molecule is CCC(C)CN(C(N)=O)C(=O)C1(NC(=O)[C@H](CCc2ccc(OP(=O)(O)O)cc2)N(Cc2ccccc2)C(=O)O)CCc2[nH]c3c(Cl)cc(Cl)cc3c2C1. The molecule has 4 aromatic rings. The van der Waals surface area contributed by atoms with Crippen LogP contribution < -0.4 is 15.6 Å². The number of benzene rings is 3. The van der Waals surface area contributed by atoms with Gasteiger partial charge in [-0.1, -0.05) is 85.9 Å². The van der Waals surface area contributed by atoms with E-state index in [1.807, 2.05) is 13.8 Å². The molecule has 3 aromatic carbocycles. The van der Waals surface area contributed by atoms with Crippen LogP contribution in [-0.2, 0) is 40.0 Å². The second kappa shape index (κ2) is 16.8. The summed E-state index contributed by atoms with van der Waals surface area (Å²) in [4.78, 5) is 78.9. The van der Waals surface area contributed by atoms with Gasteiger partial charge in [0.25, 0.3) is 5.91 Å². The molecule has 0 fully saturated rings. The Bertz CT molecular complexity index is 2080. The summed E-state index contributed by atoms with van der Waals surface area (Å²) < 4.78 is 15.9. The summed E-state index contributed by atoms with van der Waals surface area (Å²) in [6, 6.07) is 15.5. The first-order chi connectivity index (χ1) is 25.5. The van der Waals surface area contributed by atoms with E-state index >= 15 is 0 Å². The smallest absolute Gasteiger partial charge is 0.465 e. The number of aromatic nitrogens is 1. The number of H-pyrrole nitrogens is 1. The third-order valence-corrected chi connectivity index (χ3v) is 10.7. The number of nitrogens with one attached hydrogen (secondary N) is 2. The maximum atomic E-state index is 14.7. The predicted molar refractivity (Wildman–Crippen MR) is 203 cm³/mol. The highest BCUT2D eigenvalue weighted by molar-refractivity contribution is 7.46. The van der Waals surface area contributed by atoms with Crippen molar-refractivity contribution in [2.45, 2.75) is 70.5 Å². The Morgan fingerprint density at radius 3 is 2.35 bits per heavy atom. The van der Waals surface area contributed by atoms with Crippen molar-refractivity contribution in [3.05, 3.63) is 99.2 Å². The van der Waals surface area contributed by atoms with E-state index in [1.54, 1.807) is 54.6 Å². The molecule has 288 valence electrons. The van der Waals surface area contributed by atoms with Crippen molar-refractivity contribution >= 4 is 65.9 Å². The highest BCUT2D eigenvalue weighted by atomic mass is 35.5. The van der Waals surface area contributed by atoms with Gasteiger partial charge in [-0.25, -0.2) is 14.2 Å². The van der Waals surface area contributed by atoms with E-state index in [1.165, 1.54) is 12.1 Å². The van der Waals surface area contributed by atoms with Crippen LogP contribution in [0.25, 0.3) is 10.9 Å². The molecule has 0 saturated heterocycles. The Balaban J connectivity index is 1.56. The molecular formula is C37H42Cl2N5O9P. The molecule has 3 atom stereocenters. The summed E-state index contributed by atoms with van der Waals surface area (Å²) in [6.07, 6.45) is -0.406. The molecule has 0 bridgehead atoms. The number of carbonyl (C=O) groups is 4. The number of nitrogens with zero attached hydrogens (tertiary/aromatic N) is 2. The van der Waals surface area contributed by atoms with Crippen molar-refractivity contribution in [3.63, 3.8) is 0 Å². The number of rotatable bonds is 14. The third-order valence-electron chi connectivity index (χ3n) is 9.75. The molecule has 0 spiro atoms. The number of halogens is 2. The fourth-order valence-electron chi connectivity index (χ4n) is 6.78. The number of hydrogen-bond donors (Lipinski definition) is 6. The molecule has 54 heavy (non-hydrogen) atoms. The quantitative estimate of drug-likeness (QED) is 0.0774. The lowest BCUT2D eigenvalue weighted by atomic mass is 9.78. The zero-order valence-electron chi connectivity index (χ0n) is 29.6. The number of imide groups is 1. The average molecular weight is 803 g/mol. The number of carboxylic acid groups (broad SMARTS) is 1. The molecule has 5 rings (SSSR count). The number of aromatic amines is 1. The highest BCUT2D eigenvalue weighted by Gasteiger charge is 2.49. The number of fused-ring (bicyclic) bond motifs is 3. The number of nitrogens with two attached hydrogens (primary N) is 1. The van der Waals surface area contributed by atoms with E-state index in [0.717, 1.165) is 15.5 Å². The minimum absolute atomic E-state index is 0.00109. The van der Waals surface area contributed by atoms with Crippen molar-refractivity contribution in [1.29, 1.82) is 0 Å². The number of phosphoric ester groups is 1. The van der Waals surface area contributed by atoms with Gasteiger partial charge in [-0.2, -0.15) is 0 Å². The summed E-state index contributed by atoms with van der Waals surface area (Å²) in [5.74, 6) is -1.68. The Morgan fingerprint density at radius 1 is 1.06 bits per heavy atom. The van der Waals surface area contributed by atoms with Gasteiger partial charge in [-0.15, -0.1) is 0 Å². The van der Waals surface area contributed by atoms with Crippen LogP contribution >= 0.6 is 31.0 Å². The van der Waals surface area contributed by atoms with Gasteiger partial charge >= 0.3 is 19.9 Å². The number of urea groups is 1. The fourth-order valence-corrected chi connectivity index (χ4v) is 7.72.